The molecule has 14 nitrogen and oxygen atoms in total. The van der Waals surface area contributed by atoms with Crippen molar-refractivity contribution in [3.63, 3.8) is 0 Å². The number of carboxylic acid groups (broad SMARTS) is 1. The number of aromatic amines is 1. The first kappa shape index (κ1) is 34.2. The summed E-state index contributed by atoms with van der Waals surface area (Å²) < 4.78 is 5.46. The number of aryl methyl sites for hydroxylation is 1. The molecule has 0 saturated carbocycles. The summed E-state index contributed by atoms with van der Waals surface area (Å²) in [4.78, 5) is 66.2. The number of nitrogens with zero attached hydrogens (tertiary/aromatic N) is 4. The summed E-state index contributed by atoms with van der Waals surface area (Å²) in [5.74, 6) is -3.21. The first-order chi connectivity index (χ1) is 22.6. The van der Waals surface area contributed by atoms with Gasteiger partial charge < -0.3 is 25.4 Å². The molecule has 0 saturated heterocycles. The molecule has 2 atom stereocenters. The molecule has 0 fully saturated rings. The van der Waals surface area contributed by atoms with E-state index in [9.17, 15) is 29.1 Å². The number of aliphatic carboxylic acids is 1. The van der Waals surface area contributed by atoms with Gasteiger partial charge in [-0.1, -0.05) is 67.6 Å². The van der Waals surface area contributed by atoms with Crippen molar-refractivity contribution in [2.75, 3.05) is 19.7 Å². The van der Waals surface area contributed by atoms with E-state index >= 15 is 0 Å². The quantitative estimate of drug-likeness (QED) is 0.132. The third-order valence-corrected chi connectivity index (χ3v) is 7.32. The number of amides is 3. The zero-order valence-electron chi connectivity index (χ0n) is 26.1. The number of carbonyl (C=O) groups excluding carboxylic acids is 4. The molecule has 3 amide bonds. The lowest BCUT2D eigenvalue weighted by atomic mass is 10.0. The normalized spacial score (nSPS) is 12.2. The van der Waals surface area contributed by atoms with E-state index in [1.54, 1.807) is 56.3 Å². The number of carbonyl (C=O) groups is 5. The lowest BCUT2D eigenvalue weighted by Crippen LogP contribution is -2.54. The average Bonchev–Trinajstić information content (AvgIpc) is 3.58. The van der Waals surface area contributed by atoms with Crippen molar-refractivity contribution in [1.29, 1.82) is 0 Å². The summed E-state index contributed by atoms with van der Waals surface area (Å²) >= 11 is 0. The highest BCUT2D eigenvalue weighted by Gasteiger charge is 2.31. The van der Waals surface area contributed by atoms with E-state index in [1.165, 1.54) is 4.90 Å². The molecule has 4 aromatic rings. The summed E-state index contributed by atoms with van der Waals surface area (Å²) in [5.41, 5.74) is 0.372. The predicted molar refractivity (Wildman–Crippen MR) is 170 cm³/mol. The van der Waals surface area contributed by atoms with Crippen LogP contribution in [0.5, 0.6) is 5.75 Å². The molecule has 14 heteroatoms. The maximum absolute atomic E-state index is 13.9. The van der Waals surface area contributed by atoms with Crippen molar-refractivity contribution < 1.29 is 33.8 Å². The van der Waals surface area contributed by atoms with Gasteiger partial charge in [-0.25, -0.2) is 0 Å². The van der Waals surface area contributed by atoms with Crippen molar-refractivity contribution >= 4 is 40.2 Å². The van der Waals surface area contributed by atoms with E-state index < -0.39 is 61.1 Å². The Labute approximate surface area is 270 Å². The van der Waals surface area contributed by atoms with Gasteiger partial charge in [0, 0.05) is 18.5 Å². The van der Waals surface area contributed by atoms with E-state index in [1.807, 2.05) is 30.3 Å². The minimum Gasteiger partial charge on any atom is -0.486 e. The molecule has 0 spiro atoms. The zero-order chi connectivity index (χ0) is 33.8. The molecule has 0 unspecified atom stereocenters. The fourth-order valence-corrected chi connectivity index (χ4v) is 4.85. The van der Waals surface area contributed by atoms with E-state index in [4.69, 9.17) is 4.74 Å². The van der Waals surface area contributed by atoms with Crippen LogP contribution in [0, 0.1) is 5.92 Å². The number of aromatic nitrogens is 4. The van der Waals surface area contributed by atoms with Crippen molar-refractivity contribution in [1.82, 2.24) is 36.2 Å². The molecular weight excluding hydrogens is 606 g/mol. The highest BCUT2D eigenvalue weighted by molar-refractivity contribution is 6.01. The van der Waals surface area contributed by atoms with Gasteiger partial charge >= 0.3 is 5.97 Å². The third-order valence-electron chi connectivity index (χ3n) is 7.32. The summed E-state index contributed by atoms with van der Waals surface area (Å²) in [7, 11) is 0. The van der Waals surface area contributed by atoms with Crippen molar-refractivity contribution in [3.05, 3.63) is 84.2 Å². The molecule has 1 aromatic heterocycles. The maximum atomic E-state index is 13.9. The Morgan fingerprint density at radius 3 is 2.34 bits per heavy atom. The van der Waals surface area contributed by atoms with Crippen LogP contribution in [0.3, 0.4) is 0 Å². The number of fused-ring (bicyclic) bond motifs is 1. The van der Waals surface area contributed by atoms with Crippen molar-refractivity contribution in [3.8, 4) is 5.75 Å². The number of nitrogens with one attached hydrogen (secondary N) is 3. The summed E-state index contributed by atoms with van der Waals surface area (Å²) in [5, 5.41) is 30.2. The Kier molecular flexibility index (Phi) is 12.1. The van der Waals surface area contributed by atoms with Gasteiger partial charge in [0.05, 0.1) is 13.0 Å². The van der Waals surface area contributed by atoms with Gasteiger partial charge in [0.1, 0.15) is 24.4 Å². The third kappa shape index (κ3) is 10.2. The fraction of sp³-hybridized carbons (Fsp3) is 0.333. The van der Waals surface area contributed by atoms with Crippen LogP contribution in [-0.2, 0) is 25.6 Å². The summed E-state index contributed by atoms with van der Waals surface area (Å²) in [6.45, 7) is 2.66. The molecule has 4 N–H and O–H groups in total. The molecular formula is C33H37N7O7. The highest BCUT2D eigenvalue weighted by Crippen LogP contribution is 2.17. The molecule has 0 aliphatic rings. The molecule has 0 bridgehead atoms. The number of benzene rings is 3. The smallest absolute Gasteiger partial charge is 0.305 e. The molecule has 246 valence electrons. The maximum Gasteiger partial charge on any atom is 0.305 e. The Morgan fingerprint density at radius 1 is 0.936 bits per heavy atom. The summed E-state index contributed by atoms with van der Waals surface area (Å²) in [6, 6.07) is 18.9. The minimum absolute atomic E-state index is 0.0739. The highest BCUT2D eigenvalue weighted by atomic mass is 16.5. The zero-order valence-corrected chi connectivity index (χ0v) is 26.1. The van der Waals surface area contributed by atoms with E-state index in [0.29, 0.717) is 30.0 Å². The van der Waals surface area contributed by atoms with Gasteiger partial charge in [0.25, 0.3) is 5.91 Å². The fourth-order valence-electron chi connectivity index (χ4n) is 4.85. The first-order valence-electron chi connectivity index (χ1n) is 15.1. The van der Waals surface area contributed by atoms with Gasteiger partial charge in [0.15, 0.2) is 11.6 Å². The van der Waals surface area contributed by atoms with Gasteiger partial charge in [-0.2, -0.15) is 5.21 Å². The molecule has 47 heavy (non-hydrogen) atoms. The van der Waals surface area contributed by atoms with Crippen LogP contribution >= 0.6 is 0 Å². The molecule has 4 rings (SSSR count). The van der Waals surface area contributed by atoms with Crippen LogP contribution in [0.1, 0.15) is 42.9 Å². The number of ketones is 1. The molecule has 0 radical (unpaired) electrons. The number of Topliss-reactive ketones (excluding diaryl/α,β-unsaturated/α-hetero) is 1. The monoisotopic (exact) mass is 643 g/mol. The average molecular weight is 644 g/mol. The predicted octanol–water partition coefficient (Wildman–Crippen LogP) is 2.18. The van der Waals surface area contributed by atoms with Gasteiger partial charge in [-0.15, -0.1) is 10.2 Å². The number of hydrogen-bond donors (Lipinski definition) is 4. The van der Waals surface area contributed by atoms with Gasteiger partial charge in [-0.3, -0.25) is 24.0 Å². The van der Waals surface area contributed by atoms with Crippen LogP contribution in [0.4, 0.5) is 0 Å². The lowest BCUT2D eigenvalue weighted by molar-refractivity contribution is -0.142. The molecule has 0 aliphatic carbocycles. The van der Waals surface area contributed by atoms with Gasteiger partial charge in [0.2, 0.25) is 11.8 Å². The molecule has 1 heterocycles. The topological polar surface area (TPSA) is 197 Å². The minimum atomic E-state index is -1.39. The van der Waals surface area contributed by atoms with Gasteiger partial charge in [-0.05, 0) is 47.4 Å². The van der Waals surface area contributed by atoms with Crippen LogP contribution in [0.15, 0.2) is 72.8 Å². The van der Waals surface area contributed by atoms with Crippen LogP contribution in [-0.4, -0.2) is 91.9 Å². The van der Waals surface area contributed by atoms with E-state index in [0.717, 1.165) is 10.8 Å². The lowest BCUT2D eigenvalue weighted by Gasteiger charge is -2.30. The standard InChI is InChI=1S/C33H37N7O7/c1-21(2)31(35-32(45)24-15-14-22-9-6-7-10-23(22)17-24)33(46)40(16-8-13-28-36-38-39-37-28)19-29(42)34-26(18-30(43)44)27(41)20-47-25-11-4-3-5-12-25/h3-7,9-12,14-15,17,21,26,31H,8,13,16,18-20H2,1-2H3,(H,34,42)(H,35,45)(H,43,44)(H,36,37,38,39)/t26-,31+/m1/s1. The largest absolute Gasteiger partial charge is 0.486 e. The molecule has 0 aliphatic heterocycles. The van der Waals surface area contributed by atoms with Crippen molar-refractivity contribution in [2.24, 2.45) is 5.92 Å². The van der Waals surface area contributed by atoms with Crippen molar-refractivity contribution in [2.45, 2.75) is 45.2 Å². The second kappa shape index (κ2) is 16.6. The number of tetrazole rings is 1. The number of H-pyrrole nitrogens is 1. The SMILES string of the molecule is CC(C)[C@H](NC(=O)c1ccc2ccccc2c1)C(=O)N(CCCc1nn[nH]n1)CC(=O)N[C@H](CC(=O)O)C(=O)COc1ccccc1. The van der Waals surface area contributed by atoms with Crippen LogP contribution < -0.4 is 15.4 Å². The number of ether oxygens (including phenoxy) is 1. The Balaban J connectivity index is 1.47. The van der Waals surface area contributed by atoms with E-state index in [-0.39, 0.29) is 12.5 Å². The number of rotatable bonds is 17. The summed E-state index contributed by atoms with van der Waals surface area (Å²) in [6.07, 6.45) is 0.0178. The Bertz CT molecular complexity index is 1680. The van der Waals surface area contributed by atoms with Crippen LogP contribution in [0.2, 0.25) is 0 Å². The molecule has 3 aromatic carbocycles. The van der Waals surface area contributed by atoms with Crippen LogP contribution in [0.25, 0.3) is 10.8 Å². The van der Waals surface area contributed by atoms with E-state index in [2.05, 4.69) is 31.3 Å². The first-order valence-corrected chi connectivity index (χ1v) is 15.1. The number of carboxylic acids is 1. The number of para-hydroxylation sites is 1. The Morgan fingerprint density at radius 2 is 1.66 bits per heavy atom. The Hall–Kier alpha value is -5.66. The second-order valence-corrected chi connectivity index (χ2v) is 11.2. The second-order valence-electron chi connectivity index (χ2n) is 11.2. The number of hydrogen-bond acceptors (Lipinski definition) is 9.